The number of hydrogen-bond donors (Lipinski definition) is 1. The van der Waals surface area contributed by atoms with Gasteiger partial charge in [-0.25, -0.2) is 0 Å². The zero-order valence-corrected chi connectivity index (χ0v) is 12.7. The molecular formula is C17H20O5. The van der Waals surface area contributed by atoms with Crippen LogP contribution in [0.25, 0.3) is 0 Å². The van der Waals surface area contributed by atoms with E-state index in [1.54, 1.807) is 12.1 Å². The second kappa shape index (κ2) is 6.32. The Balaban J connectivity index is 2.32. The summed E-state index contributed by atoms with van der Waals surface area (Å²) in [6.45, 7) is 3.94. The topological polar surface area (TPSA) is 72.8 Å². The van der Waals surface area contributed by atoms with E-state index in [2.05, 4.69) is 6.58 Å². The predicted molar refractivity (Wildman–Crippen MR) is 79.7 cm³/mol. The summed E-state index contributed by atoms with van der Waals surface area (Å²) in [7, 11) is 2.47. The lowest BCUT2D eigenvalue weighted by atomic mass is 9.83. The van der Waals surface area contributed by atoms with E-state index in [1.165, 1.54) is 14.2 Å². The van der Waals surface area contributed by atoms with Crippen molar-refractivity contribution < 1.29 is 24.2 Å². The molecule has 5 nitrogen and oxygen atoms in total. The second-order valence-corrected chi connectivity index (χ2v) is 5.57. The number of hydrogen-bond acceptors (Lipinski definition) is 5. The number of benzene rings is 1. The molecule has 1 aliphatic carbocycles. The van der Waals surface area contributed by atoms with E-state index in [-0.39, 0.29) is 12.8 Å². The molecular weight excluding hydrogens is 284 g/mol. The zero-order valence-electron chi connectivity index (χ0n) is 12.7. The Hall–Kier alpha value is -2.14. The third kappa shape index (κ3) is 2.64. The molecule has 0 saturated heterocycles. The molecule has 0 bridgehead atoms. The zero-order chi connectivity index (χ0) is 16.3. The summed E-state index contributed by atoms with van der Waals surface area (Å²) >= 11 is 0. The molecule has 1 fully saturated rings. The van der Waals surface area contributed by atoms with Gasteiger partial charge in [-0.1, -0.05) is 42.5 Å². The first-order valence-electron chi connectivity index (χ1n) is 7.04. The predicted octanol–water partition coefficient (Wildman–Crippen LogP) is 2.02. The van der Waals surface area contributed by atoms with Crippen LogP contribution < -0.4 is 0 Å². The summed E-state index contributed by atoms with van der Waals surface area (Å²) in [5.74, 6) is -1.70. The van der Waals surface area contributed by atoms with Crippen LogP contribution in [0.3, 0.4) is 0 Å². The molecule has 1 unspecified atom stereocenters. The third-order valence-electron chi connectivity index (χ3n) is 4.30. The highest BCUT2D eigenvalue weighted by Crippen LogP contribution is 2.50. The highest BCUT2D eigenvalue weighted by atomic mass is 16.5. The van der Waals surface area contributed by atoms with Gasteiger partial charge < -0.3 is 14.6 Å². The minimum Gasteiger partial charge on any atom is -0.468 e. The maximum atomic E-state index is 12.1. The van der Waals surface area contributed by atoms with Gasteiger partial charge in [0.1, 0.15) is 0 Å². The van der Waals surface area contributed by atoms with Gasteiger partial charge in [-0.05, 0) is 18.4 Å². The van der Waals surface area contributed by atoms with E-state index in [1.807, 2.05) is 18.2 Å². The van der Waals surface area contributed by atoms with Crippen molar-refractivity contribution in [3.8, 4) is 0 Å². The fourth-order valence-corrected chi connectivity index (χ4v) is 3.11. The molecule has 2 atom stereocenters. The molecule has 0 amide bonds. The molecule has 0 aliphatic heterocycles. The standard InChI is InChI=1S/C17H20O5/c1-11-9-17(15(19)21-2,16(20)22-3)10-13(11)14(18)12-7-5-4-6-8-12/h4-8,13-14,18H,1,9-10H2,2-3H3/t13?,14-/m1/s1. The second-order valence-electron chi connectivity index (χ2n) is 5.57. The van der Waals surface area contributed by atoms with E-state index in [0.717, 1.165) is 5.56 Å². The number of methoxy groups -OCH3 is 2. The molecule has 22 heavy (non-hydrogen) atoms. The van der Waals surface area contributed by atoms with Gasteiger partial charge in [-0.15, -0.1) is 0 Å². The van der Waals surface area contributed by atoms with Crippen LogP contribution in [-0.4, -0.2) is 31.3 Å². The lowest BCUT2D eigenvalue weighted by Crippen LogP contribution is -2.39. The summed E-state index contributed by atoms with van der Waals surface area (Å²) in [5.41, 5.74) is -0.0487. The Morgan fingerprint density at radius 3 is 2.27 bits per heavy atom. The first kappa shape index (κ1) is 16.2. The van der Waals surface area contributed by atoms with Crippen LogP contribution in [0.4, 0.5) is 0 Å². The Morgan fingerprint density at radius 1 is 1.23 bits per heavy atom. The molecule has 0 radical (unpaired) electrons. The summed E-state index contributed by atoms with van der Waals surface area (Å²) in [5, 5.41) is 10.6. The quantitative estimate of drug-likeness (QED) is 0.523. The SMILES string of the molecule is C=C1CC(C(=O)OC)(C(=O)OC)CC1[C@H](O)c1ccccc1. The molecule has 118 valence electrons. The van der Waals surface area contributed by atoms with Gasteiger partial charge in [-0.2, -0.15) is 0 Å². The fourth-order valence-electron chi connectivity index (χ4n) is 3.11. The van der Waals surface area contributed by atoms with Gasteiger partial charge in [0.25, 0.3) is 0 Å². The molecule has 0 spiro atoms. The first-order chi connectivity index (χ1) is 10.5. The van der Waals surface area contributed by atoms with Gasteiger partial charge >= 0.3 is 11.9 Å². The number of esters is 2. The summed E-state index contributed by atoms with van der Waals surface area (Å²) in [4.78, 5) is 24.3. The summed E-state index contributed by atoms with van der Waals surface area (Å²) < 4.78 is 9.56. The lowest BCUT2D eigenvalue weighted by Gasteiger charge is -2.24. The van der Waals surface area contributed by atoms with E-state index in [4.69, 9.17) is 9.47 Å². The van der Waals surface area contributed by atoms with Crippen molar-refractivity contribution in [3.05, 3.63) is 48.0 Å². The average molecular weight is 304 g/mol. The molecule has 1 N–H and O–H groups in total. The molecule has 1 saturated carbocycles. The molecule has 1 aliphatic rings. The average Bonchev–Trinajstić information content (AvgIpc) is 2.92. The van der Waals surface area contributed by atoms with E-state index < -0.39 is 29.4 Å². The maximum Gasteiger partial charge on any atom is 0.323 e. The fraction of sp³-hybridized carbons (Fsp3) is 0.412. The van der Waals surface area contributed by atoms with Crippen molar-refractivity contribution in [1.82, 2.24) is 0 Å². The first-order valence-corrected chi connectivity index (χ1v) is 7.04. The largest absolute Gasteiger partial charge is 0.468 e. The Morgan fingerprint density at radius 2 is 1.77 bits per heavy atom. The van der Waals surface area contributed by atoms with Crippen molar-refractivity contribution in [1.29, 1.82) is 0 Å². The smallest absolute Gasteiger partial charge is 0.323 e. The molecule has 1 aromatic carbocycles. The van der Waals surface area contributed by atoms with Crippen LogP contribution in [0.15, 0.2) is 42.5 Å². The number of carbonyl (C=O) groups excluding carboxylic acids is 2. The minimum atomic E-state index is -1.42. The van der Waals surface area contributed by atoms with E-state index in [0.29, 0.717) is 5.57 Å². The van der Waals surface area contributed by atoms with Crippen molar-refractivity contribution >= 4 is 11.9 Å². The third-order valence-corrected chi connectivity index (χ3v) is 4.30. The van der Waals surface area contributed by atoms with Gasteiger partial charge in [0, 0.05) is 5.92 Å². The molecule has 2 rings (SSSR count). The van der Waals surface area contributed by atoms with Gasteiger partial charge in [0.05, 0.1) is 20.3 Å². The van der Waals surface area contributed by atoms with Crippen molar-refractivity contribution in [2.75, 3.05) is 14.2 Å². The molecule has 0 heterocycles. The van der Waals surface area contributed by atoms with Crippen LogP contribution in [0, 0.1) is 11.3 Å². The van der Waals surface area contributed by atoms with Gasteiger partial charge in [-0.3, -0.25) is 9.59 Å². The highest BCUT2D eigenvalue weighted by molar-refractivity contribution is 6.01. The van der Waals surface area contributed by atoms with Crippen molar-refractivity contribution in [2.24, 2.45) is 11.3 Å². The van der Waals surface area contributed by atoms with E-state index in [9.17, 15) is 14.7 Å². The summed E-state index contributed by atoms with van der Waals surface area (Å²) in [6, 6.07) is 9.10. The maximum absolute atomic E-state index is 12.1. The van der Waals surface area contributed by atoms with E-state index >= 15 is 0 Å². The van der Waals surface area contributed by atoms with Crippen LogP contribution in [0.1, 0.15) is 24.5 Å². The Kier molecular flexibility index (Phi) is 4.66. The van der Waals surface area contributed by atoms with Crippen LogP contribution in [0.5, 0.6) is 0 Å². The molecule has 1 aromatic rings. The van der Waals surface area contributed by atoms with Gasteiger partial charge in [0.2, 0.25) is 0 Å². The van der Waals surface area contributed by atoms with Crippen molar-refractivity contribution in [2.45, 2.75) is 18.9 Å². The number of carbonyl (C=O) groups is 2. The number of aliphatic hydroxyl groups excluding tert-OH is 1. The van der Waals surface area contributed by atoms with Crippen LogP contribution in [0.2, 0.25) is 0 Å². The molecule has 5 heteroatoms. The molecule has 0 aromatic heterocycles. The van der Waals surface area contributed by atoms with Crippen molar-refractivity contribution in [3.63, 3.8) is 0 Å². The lowest BCUT2D eigenvalue weighted by molar-refractivity contribution is -0.169. The minimum absolute atomic E-state index is 0.126. The number of rotatable bonds is 4. The summed E-state index contributed by atoms with van der Waals surface area (Å²) in [6.07, 6.45) is -0.577. The number of ether oxygens (including phenoxy) is 2. The monoisotopic (exact) mass is 304 g/mol. The highest BCUT2D eigenvalue weighted by Gasteiger charge is 2.56. The Labute approximate surface area is 129 Å². The van der Waals surface area contributed by atoms with Gasteiger partial charge in [0.15, 0.2) is 5.41 Å². The number of aliphatic hydroxyl groups is 1. The van der Waals surface area contributed by atoms with Crippen LogP contribution in [-0.2, 0) is 19.1 Å². The normalized spacial score (nSPS) is 21.2. The van der Waals surface area contributed by atoms with Crippen LogP contribution >= 0.6 is 0 Å². The Bertz CT molecular complexity index is 562.